The van der Waals surface area contributed by atoms with Crippen molar-refractivity contribution in [3.63, 3.8) is 0 Å². The SMILES string of the molecule is Oc1ccc2c(c1)C(N1CCCCC1)CCO2. The Labute approximate surface area is 102 Å². The summed E-state index contributed by atoms with van der Waals surface area (Å²) in [7, 11) is 0. The zero-order valence-electron chi connectivity index (χ0n) is 10.1. The number of rotatable bonds is 1. The van der Waals surface area contributed by atoms with E-state index in [1.165, 1.54) is 32.4 Å². The average molecular weight is 233 g/mol. The highest BCUT2D eigenvalue weighted by Crippen LogP contribution is 2.38. The zero-order chi connectivity index (χ0) is 11.7. The minimum absolute atomic E-state index is 0.344. The topological polar surface area (TPSA) is 32.7 Å². The molecule has 0 aromatic heterocycles. The number of aromatic hydroxyl groups is 1. The van der Waals surface area contributed by atoms with Gasteiger partial charge < -0.3 is 9.84 Å². The third kappa shape index (κ3) is 2.12. The Balaban J connectivity index is 1.89. The van der Waals surface area contributed by atoms with E-state index in [-0.39, 0.29) is 0 Å². The molecule has 0 radical (unpaired) electrons. The van der Waals surface area contributed by atoms with Crippen LogP contribution < -0.4 is 4.74 Å². The number of phenolic OH excluding ortho intramolecular Hbond substituents is 1. The van der Waals surface area contributed by atoms with Crippen LogP contribution in [0.1, 0.15) is 37.3 Å². The molecule has 1 N–H and O–H groups in total. The van der Waals surface area contributed by atoms with Crippen LogP contribution in [0.4, 0.5) is 0 Å². The van der Waals surface area contributed by atoms with Gasteiger partial charge in [-0.25, -0.2) is 0 Å². The normalized spacial score (nSPS) is 25.1. The first-order valence-electron chi connectivity index (χ1n) is 6.54. The van der Waals surface area contributed by atoms with E-state index in [1.807, 2.05) is 12.1 Å². The average Bonchev–Trinajstić information content (AvgIpc) is 2.39. The molecular formula is C14H19NO2. The molecule has 0 spiro atoms. The van der Waals surface area contributed by atoms with Crippen molar-refractivity contribution in [2.75, 3.05) is 19.7 Å². The number of benzene rings is 1. The number of nitrogens with zero attached hydrogens (tertiary/aromatic N) is 1. The van der Waals surface area contributed by atoms with E-state index >= 15 is 0 Å². The highest BCUT2D eigenvalue weighted by atomic mass is 16.5. The monoisotopic (exact) mass is 233 g/mol. The van der Waals surface area contributed by atoms with Crippen LogP contribution in [0.25, 0.3) is 0 Å². The van der Waals surface area contributed by atoms with Crippen molar-refractivity contribution in [1.82, 2.24) is 4.90 Å². The van der Waals surface area contributed by atoms with Gasteiger partial charge >= 0.3 is 0 Å². The third-order valence-corrected chi connectivity index (χ3v) is 3.83. The molecule has 3 nitrogen and oxygen atoms in total. The quantitative estimate of drug-likeness (QED) is 0.809. The molecule has 2 aliphatic rings. The lowest BCUT2D eigenvalue weighted by atomic mass is 9.96. The predicted molar refractivity (Wildman–Crippen MR) is 66.4 cm³/mol. The Morgan fingerprint density at radius 2 is 2.00 bits per heavy atom. The van der Waals surface area contributed by atoms with Crippen molar-refractivity contribution < 1.29 is 9.84 Å². The molecule has 2 aliphatic heterocycles. The van der Waals surface area contributed by atoms with Gasteiger partial charge in [0.1, 0.15) is 11.5 Å². The lowest BCUT2D eigenvalue weighted by molar-refractivity contribution is 0.119. The molecule has 1 atom stereocenters. The Morgan fingerprint density at radius 1 is 1.18 bits per heavy atom. The van der Waals surface area contributed by atoms with Crippen molar-refractivity contribution in [2.45, 2.75) is 31.7 Å². The van der Waals surface area contributed by atoms with Gasteiger partial charge in [-0.2, -0.15) is 0 Å². The third-order valence-electron chi connectivity index (χ3n) is 3.83. The molecule has 17 heavy (non-hydrogen) atoms. The van der Waals surface area contributed by atoms with Gasteiger partial charge in [0.25, 0.3) is 0 Å². The van der Waals surface area contributed by atoms with E-state index in [0.717, 1.165) is 24.3 Å². The maximum Gasteiger partial charge on any atom is 0.124 e. The van der Waals surface area contributed by atoms with Crippen LogP contribution in [-0.4, -0.2) is 29.7 Å². The molecule has 3 rings (SSSR count). The molecule has 0 aliphatic carbocycles. The van der Waals surface area contributed by atoms with Crippen LogP contribution in [0.2, 0.25) is 0 Å². The van der Waals surface area contributed by atoms with Gasteiger partial charge in [0.2, 0.25) is 0 Å². The summed E-state index contributed by atoms with van der Waals surface area (Å²) in [6.07, 6.45) is 4.99. The van der Waals surface area contributed by atoms with Gasteiger partial charge in [-0.3, -0.25) is 4.90 Å². The highest BCUT2D eigenvalue weighted by Gasteiger charge is 2.28. The largest absolute Gasteiger partial charge is 0.508 e. The van der Waals surface area contributed by atoms with Crippen LogP contribution in [0.5, 0.6) is 11.5 Å². The second kappa shape index (κ2) is 4.57. The van der Waals surface area contributed by atoms with E-state index < -0.39 is 0 Å². The number of hydrogen-bond acceptors (Lipinski definition) is 3. The molecule has 0 amide bonds. The number of phenols is 1. The van der Waals surface area contributed by atoms with Crippen LogP contribution in [0, 0.1) is 0 Å². The van der Waals surface area contributed by atoms with Crippen molar-refractivity contribution in [3.8, 4) is 11.5 Å². The van der Waals surface area contributed by atoms with Crippen molar-refractivity contribution in [3.05, 3.63) is 23.8 Å². The summed E-state index contributed by atoms with van der Waals surface area (Å²) < 4.78 is 5.66. The summed E-state index contributed by atoms with van der Waals surface area (Å²) in [6.45, 7) is 3.15. The molecule has 1 aromatic carbocycles. The van der Waals surface area contributed by atoms with Crippen molar-refractivity contribution in [1.29, 1.82) is 0 Å². The molecule has 1 saturated heterocycles. The summed E-state index contributed by atoms with van der Waals surface area (Å²) >= 11 is 0. The first kappa shape index (κ1) is 10.9. The van der Waals surface area contributed by atoms with E-state index in [0.29, 0.717) is 11.8 Å². The summed E-state index contributed by atoms with van der Waals surface area (Å²) in [4.78, 5) is 2.55. The van der Waals surface area contributed by atoms with Gasteiger partial charge in [-0.1, -0.05) is 6.42 Å². The molecular weight excluding hydrogens is 214 g/mol. The summed E-state index contributed by atoms with van der Waals surface area (Å²) in [5.74, 6) is 1.29. The van der Waals surface area contributed by atoms with Crippen molar-refractivity contribution in [2.24, 2.45) is 0 Å². The highest BCUT2D eigenvalue weighted by molar-refractivity contribution is 5.42. The van der Waals surface area contributed by atoms with E-state index in [1.54, 1.807) is 6.07 Å². The number of fused-ring (bicyclic) bond motifs is 1. The van der Waals surface area contributed by atoms with Crippen LogP contribution in [-0.2, 0) is 0 Å². The van der Waals surface area contributed by atoms with Crippen LogP contribution in [0.3, 0.4) is 0 Å². The van der Waals surface area contributed by atoms with E-state index in [4.69, 9.17) is 4.74 Å². The molecule has 1 aromatic rings. The first-order valence-corrected chi connectivity index (χ1v) is 6.54. The first-order chi connectivity index (χ1) is 8.34. The second-order valence-electron chi connectivity index (χ2n) is 4.97. The fourth-order valence-corrected chi connectivity index (χ4v) is 2.97. The number of likely N-dealkylation sites (tertiary alicyclic amines) is 1. The smallest absolute Gasteiger partial charge is 0.124 e. The van der Waals surface area contributed by atoms with Gasteiger partial charge in [0, 0.05) is 18.0 Å². The van der Waals surface area contributed by atoms with Gasteiger partial charge in [0.15, 0.2) is 0 Å². The van der Waals surface area contributed by atoms with Gasteiger partial charge in [0.05, 0.1) is 6.61 Å². The number of piperidine rings is 1. The Hall–Kier alpha value is -1.22. The zero-order valence-corrected chi connectivity index (χ0v) is 10.1. The van der Waals surface area contributed by atoms with E-state index in [9.17, 15) is 5.11 Å². The summed E-state index contributed by atoms with van der Waals surface area (Å²) in [5.41, 5.74) is 1.16. The molecule has 3 heteroatoms. The molecule has 92 valence electrons. The lowest BCUT2D eigenvalue weighted by Gasteiger charge is -2.37. The lowest BCUT2D eigenvalue weighted by Crippen LogP contribution is -2.36. The number of ether oxygens (including phenoxy) is 1. The Morgan fingerprint density at radius 3 is 2.82 bits per heavy atom. The fraction of sp³-hybridized carbons (Fsp3) is 0.571. The molecule has 0 saturated carbocycles. The maximum atomic E-state index is 9.63. The minimum Gasteiger partial charge on any atom is -0.508 e. The summed E-state index contributed by atoms with van der Waals surface area (Å²) in [6, 6.07) is 5.90. The van der Waals surface area contributed by atoms with Gasteiger partial charge in [-0.15, -0.1) is 0 Å². The van der Waals surface area contributed by atoms with E-state index in [2.05, 4.69) is 4.90 Å². The molecule has 1 unspecified atom stereocenters. The fourth-order valence-electron chi connectivity index (χ4n) is 2.97. The second-order valence-corrected chi connectivity index (χ2v) is 4.97. The summed E-state index contributed by atoms with van der Waals surface area (Å²) in [5, 5.41) is 9.63. The number of hydrogen-bond donors (Lipinski definition) is 1. The van der Waals surface area contributed by atoms with Gasteiger partial charge in [-0.05, 0) is 44.1 Å². The predicted octanol–water partition coefficient (Wildman–Crippen LogP) is 2.70. The Bertz CT molecular complexity index is 399. The molecule has 2 heterocycles. The molecule has 1 fully saturated rings. The molecule has 0 bridgehead atoms. The maximum absolute atomic E-state index is 9.63. The van der Waals surface area contributed by atoms with Crippen molar-refractivity contribution >= 4 is 0 Å². The minimum atomic E-state index is 0.344. The standard InChI is InChI=1S/C14H19NO2/c16-11-4-5-14-12(10-11)13(6-9-17-14)15-7-2-1-3-8-15/h4-5,10,13,16H,1-3,6-9H2. The Kier molecular flexibility index (Phi) is 2.93. The van der Waals surface area contributed by atoms with Crippen LogP contribution in [0.15, 0.2) is 18.2 Å². The van der Waals surface area contributed by atoms with Crippen LogP contribution >= 0.6 is 0 Å².